The van der Waals surface area contributed by atoms with Crippen LogP contribution in [0.3, 0.4) is 0 Å². The molecule has 120 valence electrons. The third kappa shape index (κ3) is 3.14. The zero-order chi connectivity index (χ0) is 16.5. The Morgan fingerprint density at radius 1 is 1.04 bits per heavy atom. The Morgan fingerprint density at radius 3 is 2.46 bits per heavy atom. The molecule has 5 heteroatoms. The molecule has 0 N–H and O–H groups in total. The van der Waals surface area contributed by atoms with Crippen molar-refractivity contribution < 1.29 is 0 Å². The molecule has 2 heterocycles. The minimum absolute atomic E-state index is 0.191. The lowest BCUT2D eigenvalue weighted by Crippen LogP contribution is -2.18. The van der Waals surface area contributed by atoms with Gasteiger partial charge >= 0.3 is 0 Å². The lowest BCUT2D eigenvalue weighted by atomic mass is 10.0. The molecular weight excluding hydrogens is 404 g/mol. The number of nitrogens with zero attached hydrogens (tertiary/aromatic N) is 2. The van der Waals surface area contributed by atoms with Crippen LogP contribution in [-0.4, -0.2) is 5.71 Å². The van der Waals surface area contributed by atoms with Crippen molar-refractivity contribution in [2.75, 3.05) is 5.01 Å². The van der Waals surface area contributed by atoms with Crippen molar-refractivity contribution in [1.82, 2.24) is 0 Å². The molecule has 2 aromatic carbocycles. The van der Waals surface area contributed by atoms with E-state index in [9.17, 15) is 0 Å². The van der Waals surface area contributed by atoms with Crippen molar-refractivity contribution in [3.05, 3.63) is 86.0 Å². The van der Waals surface area contributed by atoms with Crippen LogP contribution >= 0.6 is 38.9 Å². The number of halogens is 2. The molecule has 24 heavy (non-hydrogen) atoms. The molecule has 3 aromatic rings. The van der Waals surface area contributed by atoms with Gasteiger partial charge in [0, 0.05) is 15.9 Å². The van der Waals surface area contributed by atoms with Gasteiger partial charge in [-0.2, -0.15) is 5.10 Å². The zero-order valence-corrected chi connectivity index (χ0v) is 15.9. The maximum absolute atomic E-state index is 6.04. The Balaban J connectivity index is 1.74. The molecule has 0 spiro atoms. The lowest BCUT2D eigenvalue weighted by molar-refractivity contribution is 0.709. The molecular formula is C19H14BrClN2S. The van der Waals surface area contributed by atoms with Gasteiger partial charge in [0.2, 0.25) is 0 Å². The van der Waals surface area contributed by atoms with Crippen LogP contribution in [0.2, 0.25) is 5.02 Å². The summed E-state index contributed by atoms with van der Waals surface area (Å²) in [5.74, 6) is 0. The van der Waals surface area contributed by atoms with Crippen molar-refractivity contribution in [2.45, 2.75) is 12.5 Å². The number of hydrogen-bond acceptors (Lipinski definition) is 3. The third-order valence-corrected chi connectivity index (χ3v) is 5.76. The van der Waals surface area contributed by atoms with E-state index in [1.165, 1.54) is 10.4 Å². The van der Waals surface area contributed by atoms with Gasteiger partial charge in [0.25, 0.3) is 0 Å². The second-order valence-electron chi connectivity index (χ2n) is 5.62. The maximum Gasteiger partial charge on any atom is 0.0832 e. The molecule has 0 radical (unpaired) electrons. The van der Waals surface area contributed by atoms with Gasteiger partial charge < -0.3 is 0 Å². The summed E-state index contributed by atoms with van der Waals surface area (Å²) in [6.45, 7) is 0. The average Bonchev–Trinajstić information content (AvgIpc) is 3.26. The summed E-state index contributed by atoms with van der Waals surface area (Å²) < 4.78 is 1.08. The van der Waals surface area contributed by atoms with E-state index in [2.05, 4.69) is 62.7 Å². The Morgan fingerprint density at radius 2 is 1.79 bits per heavy atom. The molecule has 1 unspecified atom stereocenters. The normalized spacial score (nSPS) is 17.2. The molecule has 2 nitrogen and oxygen atoms in total. The highest BCUT2D eigenvalue weighted by Gasteiger charge is 2.30. The molecule has 0 amide bonds. The van der Waals surface area contributed by atoms with Gasteiger partial charge in [0.15, 0.2) is 0 Å². The monoisotopic (exact) mass is 416 g/mol. The summed E-state index contributed by atoms with van der Waals surface area (Å²) in [6.07, 6.45) is 0.894. The van der Waals surface area contributed by atoms with Gasteiger partial charge in [-0.15, -0.1) is 11.3 Å². The average molecular weight is 418 g/mol. The van der Waals surface area contributed by atoms with Gasteiger partial charge in [0.05, 0.1) is 22.3 Å². The summed E-state index contributed by atoms with van der Waals surface area (Å²) in [6, 6.07) is 20.7. The minimum Gasteiger partial charge on any atom is -0.257 e. The maximum atomic E-state index is 6.04. The smallest absolute Gasteiger partial charge is 0.0832 e. The Bertz CT molecular complexity index is 857. The number of anilines is 1. The highest BCUT2D eigenvalue weighted by molar-refractivity contribution is 9.10. The summed E-state index contributed by atoms with van der Waals surface area (Å²) in [5, 5.41) is 9.85. The van der Waals surface area contributed by atoms with Crippen molar-refractivity contribution >= 4 is 50.3 Å². The van der Waals surface area contributed by atoms with Gasteiger partial charge in [-0.25, -0.2) is 0 Å². The Hall–Kier alpha value is -1.62. The fraction of sp³-hybridized carbons (Fsp3) is 0.105. The van der Waals surface area contributed by atoms with Crippen molar-refractivity contribution in [3.8, 4) is 0 Å². The van der Waals surface area contributed by atoms with Crippen molar-refractivity contribution in [1.29, 1.82) is 0 Å². The van der Waals surface area contributed by atoms with Crippen LogP contribution < -0.4 is 5.01 Å². The van der Waals surface area contributed by atoms with Crippen LogP contribution in [-0.2, 0) is 0 Å². The van der Waals surface area contributed by atoms with Crippen LogP contribution in [0.5, 0.6) is 0 Å². The molecule has 1 aromatic heterocycles. The molecule has 1 aliphatic rings. The molecule has 0 aliphatic carbocycles. The SMILES string of the molecule is Clc1ccc(N2N=C(c3cccs3)CC2c2ccc(Br)cc2)cc1. The molecule has 1 aliphatic heterocycles. The van der Waals surface area contributed by atoms with E-state index in [-0.39, 0.29) is 6.04 Å². The zero-order valence-electron chi connectivity index (χ0n) is 12.7. The highest BCUT2D eigenvalue weighted by atomic mass is 79.9. The molecule has 4 rings (SSSR count). The second-order valence-corrected chi connectivity index (χ2v) is 7.92. The Kier molecular flexibility index (Phi) is 4.44. The second kappa shape index (κ2) is 6.71. The van der Waals surface area contributed by atoms with E-state index >= 15 is 0 Å². The fourth-order valence-corrected chi connectivity index (χ4v) is 3.99. The van der Waals surface area contributed by atoms with E-state index in [0.717, 1.165) is 27.3 Å². The molecule has 0 bridgehead atoms. The quantitative estimate of drug-likeness (QED) is 0.473. The van der Waals surface area contributed by atoms with Crippen molar-refractivity contribution in [3.63, 3.8) is 0 Å². The number of benzene rings is 2. The third-order valence-electron chi connectivity index (χ3n) is 4.06. The topological polar surface area (TPSA) is 15.6 Å². The first kappa shape index (κ1) is 15.9. The predicted molar refractivity (Wildman–Crippen MR) is 106 cm³/mol. The van der Waals surface area contributed by atoms with Gasteiger partial charge in [-0.3, -0.25) is 5.01 Å². The number of thiophene rings is 1. The number of hydrogen-bond donors (Lipinski definition) is 0. The van der Waals surface area contributed by atoms with Gasteiger partial charge in [-0.05, 0) is 53.4 Å². The van der Waals surface area contributed by atoms with Crippen LogP contribution in [0.1, 0.15) is 22.9 Å². The van der Waals surface area contributed by atoms with E-state index in [1.54, 1.807) is 11.3 Å². The minimum atomic E-state index is 0.191. The first-order valence-electron chi connectivity index (χ1n) is 7.62. The first-order valence-corrected chi connectivity index (χ1v) is 9.67. The summed E-state index contributed by atoms with van der Waals surface area (Å²) in [7, 11) is 0. The highest BCUT2D eigenvalue weighted by Crippen LogP contribution is 2.38. The lowest BCUT2D eigenvalue weighted by Gasteiger charge is -2.24. The molecule has 1 atom stereocenters. The summed E-state index contributed by atoms with van der Waals surface area (Å²) in [5.41, 5.74) is 3.44. The van der Waals surface area contributed by atoms with Gasteiger partial charge in [0.1, 0.15) is 0 Å². The van der Waals surface area contributed by atoms with Crippen LogP contribution in [0.15, 0.2) is 75.6 Å². The van der Waals surface area contributed by atoms with Crippen LogP contribution in [0, 0.1) is 0 Å². The van der Waals surface area contributed by atoms with E-state index in [4.69, 9.17) is 16.7 Å². The van der Waals surface area contributed by atoms with E-state index in [1.807, 2.05) is 24.3 Å². The van der Waals surface area contributed by atoms with E-state index in [0.29, 0.717) is 0 Å². The number of hydrazone groups is 1. The first-order chi connectivity index (χ1) is 11.7. The standard InChI is InChI=1S/C19H14BrClN2S/c20-14-5-3-13(4-6-14)18-12-17(19-2-1-11-24-19)22-23(18)16-9-7-15(21)8-10-16/h1-11,18H,12H2. The predicted octanol–water partition coefficient (Wildman–Crippen LogP) is 6.52. The molecule has 0 saturated carbocycles. The van der Waals surface area contributed by atoms with E-state index < -0.39 is 0 Å². The fourth-order valence-electron chi connectivity index (χ4n) is 2.88. The van der Waals surface area contributed by atoms with Crippen molar-refractivity contribution in [2.24, 2.45) is 5.10 Å². The van der Waals surface area contributed by atoms with Gasteiger partial charge in [-0.1, -0.05) is 45.7 Å². The molecule has 0 saturated heterocycles. The number of rotatable bonds is 3. The largest absolute Gasteiger partial charge is 0.257 e. The summed E-state index contributed by atoms with van der Waals surface area (Å²) in [4.78, 5) is 1.23. The molecule has 0 fully saturated rings. The Labute approximate surface area is 158 Å². The van der Waals surface area contributed by atoms with Crippen LogP contribution in [0.4, 0.5) is 5.69 Å². The summed E-state index contributed by atoms with van der Waals surface area (Å²) >= 11 is 11.3. The van der Waals surface area contributed by atoms with Crippen LogP contribution in [0.25, 0.3) is 0 Å².